The van der Waals surface area contributed by atoms with E-state index in [-0.39, 0.29) is 40.1 Å². The average molecular weight is 495 g/mol. The molecule has 2 N–H and O–H groups in total. The van der Waals surface area contributed by atoms with Crippen LogP contribution in [0.1, 0.15) is 139 Å². The summed E-state index contributed by atoms with van der Waals surface area (Å²) in [5.74, 6) is 0.0652. The zero-order valence-electron chi connectivity index (χ0n) is 24.6. The Morgan fingerprint density at radius 2 is 1.14 bits per heavy atom. The second-order valence-corrected chi connectivity index (χ2v) is 14.2. The number of piperidine rings is 2. The van der Waals surface area contributed by atoms with Gasteiger partial charge in [0.25, 0.3) is 0 Å². The molecule has 1 atom stereocenters. The van der Waals surface area contributed by atoms with Gasteiger partial charge in [0.15, 0.2) is 0 Å². The minimum atomic E-state index is 0.000236. The smallest absolute Gasteiger partial charge is 0.309 e. The number of carbonyl (C=O) groups excluding carboxylic acids is 1. The number of esters is 1. The largest absolute Gasteiger partial charge is 0.462 e. The van der Waals surface area contributed by atoms with Gasteiger partial charge in [0.1, 0.15) is 6.10 Å². The molecule has 0 aliphatic carbocycles. The van der Waals surface area contributed by atoms with Gasteiger partial charge in [-0.3, -0.25) is 4.79 Å². The van der Waals surface area contributed by atoms with Gasteiger partial charge in [0, 0.05) is 41.6 Å². The second kappa shape index (κ2) is 12.7. The Kier molecular flexibility index (Phi) is 11.1. The van der Waals surface area contributed by atoms with E-state index >= 15 is 0 Å². The van der Waals surface area contributed by atoms with Crippen molar-refractivity contribution in [1.29, 1.82) is 0 Å². The van der Waals surface area contributed by atoms with Crippen molar-refractivity contribution < 1.29 is 14.3 Å². The summed E-state index contributed by atoms with van der Waals surface area (Å²) >= 11 is 0. The van der Waals surface area contributed by atoms with Crippen molar-refractivity contribution in [3.8, 4) is 0 Å². The summed E-state index contributed by atoms with van der Waals surface area (Å²) in [5, 5.41) is 7.39. The summed E-state index contributed by atoms with van der Waals surface area (Å²) in [6.45, 7) is 20.9. The zero-order valence-corrected chi connectivity index (χ0v) is 24.6. The van der Waals surface area contributed by atoms with Crippen molar-refractivity contribution in [2.45, 2.75) is 174 Å². The lowest BCUT2D eigenvalue weighted by Crippen LogP contribution is -2.59. The number of rotatable bonds is 13. The Bertz CT molecular complexity index is 624. The van der Waals surface area contributed by atoms with Gasteiger partial charge in [-0.05, 0) is 87.5 Å². The molecule has 2 rings (SSSR count). The molecule has 0 aromatic heterocycles. The monoisotopic (exact) mass is 494 g/mol. The molecule has 0 radical (unpaired) electrons. The maximum Gasteiger partial charge on any atom is 0.309 e. The topological polar surface area (TPSA) is 59.6 Å². The van der Waals surface area contributed by atoms with Crippen LogP contribution >= 0.6 is 0 Å². The fourth-order valence-corrected chi connectivity index (χ4v) is 6.86. The van der Waals surface area contributed by atoms with Gasteiger partial charge in [-0.2, -0.15) is 0 Å². The van der Waals surface area contributed by atoms with E-state index in [1.807, 2.05) is 0 Å². The molecule has 2 saturated heterocycles. The number of unbranched alkanes of at least 4 members (excludes halogenated alkanes) is 5. The lowest BCUT2D eigenvalue weighted by molar-refractivity contribution is -0.158. The van der Waals surface area contributed by atoms with Gasteiger partial charge >= 0.3 is 5.97 Å². The molecule has 5 nitrogen and oxygen atoms in total. The van der Waals surface area contributed by atoms with E-state index in [1.165, 1.54) is 25.7 Å². The third-order valence-corrected chi connectivity index (χ3v) is 7.71. The van der Waals surface area contributed by atoms with Gasteiger partial charge < -0.3 is 20.1 Å². The van der Waals surface area contributed by atoms with Crippen molar-refractivity contribution in [3.05, 3.63) is 0 Å². The van der Waals surface area contributed by atoms with E-state index in [0.717, 1.165) is 58.0 Å². The molecule has 2 aliphatic heterocycles. The van der Waals surface area contributed by atoms with E-state index in [1.54, 1.807) is 0 Å². The number of carbonyl (C=O) groups is 1. The normalized spacial score (nSPS) is 24.7. The minimum Gasteiger partial charge on any atom is -0.462 e. The number of ether oxygens (including phenoxy) is 2. The highest BCUT2D eigenvalue weighted by Crippen LogP contribution is 2.32. The maximum atomic E-state index is 12.9. The predicted molar refractivity (Wildman–Crippen MR) is 147 cm³/mol. The van der Waals surface area contributed by atoms with E-state index in [4.69, 9.17) is 9.47 Å². The summed E-state index contributed by atoms with van der Waals surface area (Å²) in [7, 11) is 0. The number of hydrogen-bond acceptors (Lipinski definition) is 5. The number of nitrogens with one attached hydrogen (secondary N) is 2. The van der Waals surface area contributed by atoms with Crippen LogP contribution in [0.2, 0.25) is 0 Å². The molecule has 2 fully saturated rings. The quantitative estimate of drug-likeness (QED) is 0.215. The van der Waals surface area contributed by atoms with Gasteiger partial charge in [0.05, 0.1) is 12.0 Å². The van der Waals surface area contributed by atoms with Crippen molar-refractivity contribution in [2.24, 2.45) is 5.92 Å². The summed E-state index contributed by atoms with van der Waals surface area (Å²) in [6, 6.07) is 0. The lowest BCUT2D eigenvalue weighted by Gasteiger charge is -2.46. The Morgan fingerprint density at radius 1 is 0.714 bits per heavy atom. The lowest BCUT2D eigenvalue weighted by atomic mass is 9.81. The van der Waals surface area contributed by atoms with Crippen LogP contribution in [-0.2, 0) is 14.3 Å². The number of hydrogen-bond donors (Lipinski definition) is 2. The summed E-state index contributed by atoms with van der Waals surface area (Å²) in [5.41, 5.74) is 0.298. The third kappa shape index (κ3) is 11.5. The van der Waals surface area contributed by atoms with E-state index in [2.05, 4.69) is 72.9 Å². The summed E-state index contributed by atoms with van der Waals surface area (Å²) in [4.78, 5) is 12.9. The zero-order chi connectivity index (χ0) is 26.3. The molecule has 0 amide bonds. The Balaban J connectivity index is 1.56. The fraction of sp³-hybridized carbons (Fsp3) is 0.967. The average Bonchev–Trinajstić information content (AvgIpc) is 2.64. The van der Waals surface area contributed by atoms with Crippen molar-refractivity contribution in [2.75, 3.05) is 6.61 Å². The first-order valence-corrected chi connectivity index (χ1v) is 14.5. The third-order valence-electron chi connectivity index (χ3n) is 7.71. The van der Waals surface area contributed by atoms with Crippen molar-refractivity contribution >= 4 is 5.97 Å². The van der Waals surface area contributed by atoms with E-state index < -0.39 is 0 Å². The molecule has 2 heterocycles. The molecular weight excluding hydrogens is 436 g/mol. The van der Waals surface area contributed by atoms with Crippen LogP contribution < -0.4 is 10.6 Å². The first kappa shape index (κ1) is 30.6. The molecule has 2 aliphatic rings. The second-order valence-electron chi connectivity index (χ2n) is 14.2. The van der Waals surface area contributed by atoms with Crippen LogP contribution in [0.3, 0.4) is 0 Å². The van der Waals surface area contributed by atoms with Crippen LogP contribution in [-0.4, -0.2) is 46.9 Å². The molecule has 0 bridgehead atoms. The fourth-order valence-electron chi connectivity index (χ4n) is 6.86. The van der Waals surface area contributed by atoms with Gasteiger partial charge in [-0.1, -0.05) is 39.0 Å². The predicted octanol–water partition coefficient (Wildman–Crippen LogP) is 6.92. The Labute approximate surface area is 217 Å². The van der Waals surface area contributed by atoms with Crippen LogP contribution in [0.4, 0.5) is 0 Å². The Morgan fingerprint density at radius 3 is 1.63 bits per heavy atom. The van der Waals surface area contributed by atoms with Gasteiger partial charge in [-0.25, -0.2) is 0 Å². The standard InChI is InChI=1S/C30H58N2O3/c1-10-23(26(33)35-25-21-29(6,7)32-30(8,9)22-25)17-15-13-11-12-14-16-18-34-24-19-27(2,3)31-28(4,5)20-24/h23-25,31-32H,10-22H2,1-9H3. The molecule has 0 spiro atoms. The van der Waals surface area contributed by atoms with Crippen LogP contribution in [0, 0.1) is 5.92 Å². The minimum absolute atomic E-state index is 0.000236. The molecule has 0 aromatic rings. The molecular formula is C30H58N2O3. The first-order valence-electron chi connectivity index (χ1n) is 14.5. The van der Waals surface area contributed by atoms with Crippen molar-refractivity contribution in [1.82, 2.24) is 10.6 Å². The molecule has 1 unspecified atom stereocenters. The maximum absolute atomic E-state index is 12.9. The highest BCUT2D eigenvalue weighted by Gasteiger charge is 2.40. The highest BCUT2D eigenvalue weighted by molar-refractivity contribution is 5.72. The van der Waals surface area contributed by atoms with Crippen LogP contribution in [0.15, 0.2) is 0 Å². The van der Waals surface area contributed by atoms with Crippen LogP contribution in [0.25, 0.3) is 0 Å². The van der Waals surface area contributed by atoms with Crippen LogP contribution in [0.5, 0.6) is 0 Å². The first-order chi connectivity index (χ1) is 16.1. The Hall–Kier alpha value is -0.650. The SMILES string of the molecule is CCC(CCCCCCCCOC1CC(C)(C)NC(C)(C)C1)C(=O)OC1CC(C)(C)NC(C)(C)C1. The molecule has 206 valence electrons. The van der Waals surface area contributed by atoms with Gasteiger partial charge in [-0.15, -0.1) is 0 Å². The van der Waals surface area contributed by atoms with Gasteiger partial charge in [0.2, 0.25) is 0 Å². The molecule has 35 heavy (non-hydrogen) atoms. The summed E-state index contributed by atoms with van der Waals surface area (Å²) in [6.07, 6.45) is 13.4. The highest BCUT2D eigenvalue weighted by atomic mass is 16.5. The van der Waals surface area contributed by atoms with Crippen molar-refractivity contribution in [3.63, 3.8) is 0 Å². The molecule has 0 saturated carbocycles. The molecule has 0 aromatic carbocycles. The van der Waals surface area contributed by atoms with E-state index in [9.17, 15) is 4.79 Å². The summed E-state index contributed by atoms with van der Waals surface area (Å²) < 4.78 is 12.3. The van der Waals surface area contributed by atoms with E-state index in [0.29, 0.717) is 6.10 Å². The molecule has 5 heteroatoms.